The Kier molecular flexibility index (Phi) is 6.82. The first kappa shape index (κ1) is 20.0. The standard InChI is InChI=1S/C18H20F2N2O3S/c1-13-7-9-15(10-8-13)26(24)12-18(21,16(19)20)22-17(23)25-11-14-5-3-2-4-6-14/h2-10,16H,11-12,21H2,1H3,(H,22,23)/t18-,26-/m1/s1. The minimum atomic E-state index is -3.12. The third kappa shape index (κ3) is 5.60. The van der Waals surface area contributed by atoms with Crippen LogP contribution in [0.2, 0.25) is 0 Å². The van der Waals surface area contributed by atoms with Gasteiger partial charge in [-0.1, -0.05) is 48.0 Å². The fraction of sp³-hybridized carbons (Fsp3) is 0.278. The van der Waals surface area contributed by atoms with Gasteiger partial charge in [-0.2, -0.15) is 0 Å². The Morgan fingerprint density at radius 3 is 2.38 bits per heavy atom. The van der Waals surface area contributed by atoms with E-state index in [9.17, 15) is 17.8 Å². The zero-order valence-electron chi connectivity index (χ0n) is 14.2. The second-order valence-corrected chi connectivity index (χ2v) is 7.28. The van der Waals surface area contributed by atoms with E-state index >= 15 is 0 Å². The lowest BCUT2D eigenvalue weighted by atomic mass is 10.2. The maximum absolute atomic E-state index is 13.4. The van der Waals surface area contributed by atoms with Crippen LogP contribution in [-0.4, -0.2) is 28.1 Å². The van der Waals surface area contributed by atoms with Gasteiger partial charge in [0.05, 0.1) is 16.6 Å². The van der Waals surface area contributed by atoms with E-state index in [2.05, 4.69) is 0 Å². The van der Waals surface area contributed by atoms with E-state index in [0.29, 0.717) is 10.5 Å². The molecule has 0 aromatic heterocycles. The van der Waals surface area contributed by atoms with Gasteiger partial charge in [-0.3, -0.25) is 9.53 Å². The summed E-state index contributed by atoms with van der Waals surface area (Å²) < 4.78 is 44.1. The Hall–Kier alpha value is -2.32. The molecule has 1 amide bonds. The van der Waals surface area contributed by atoms with Gasteiger partial charge in [0, 0.05) is 4.90 Å². The molecule has 2 aromatic carbocycles. The molecule has 0 aliphatic carbocycles. The van der Waals surface area contributed by atoms with Crippen molar-refractivity contribution in [3.05, 3.63) is 65.7 Å². The number of hydrogen-bond donors (Lipinski definition) is 2. The van der Waals surface area contributed by atoms with Crippen LogP contribution in [0, 0.1) is 6.92 Å². The maximum atomic E-state index is 13.4. The van der Waals surface area contributed by atoms with Gasteiger partial charge < -0.3 is 10.5 Å². The Bertz CT molecular complexity index is 757. The molecule has 0 saturated carbocycles. The lowest BCUT2D eigenvalue weighted by Crippen LogP contribution is -2.64. The highest BCUT2D eigenvalue weighted by Gasteiger charge is 2.40. The first-order chi connectivity index (χ1) is 12.3. The van der Waals surface area contributed by atoms with Crippen molar-refractivity contribution in [1.29, 1.82) is 0 Å². The van der Waals surface area contributed by atoms with Crippen molar-refractivity contribution in [2.24, 2.45) is 5.73 Å². The first-order valence-electron chi connectivity index (χ1n) is 7.81. The number of alkyl halides is 2. The van der Waals surface area contributed by atoms with E-state index < -0.39 is 34.7 Å². The lowest BCUT2D eigenvalue weighted by molar-refractivity contribution is 0.0397. The number of carbonyl (C=O) groups excluding carboxylic acids is 1. The number of carbonyl (C=O) groups is 1. The van der Waals surface area contributed by atoms with Crippen LogP contribution in [0.3, 0.4) is 0 Å². The molecule has 5 nitrogen and oxygen atoms in total. The maximum Gasteiger partial charge on any atom is 0.409 e. The van der Waals surface area contributed by atoms with Crippen molar-refractivity contribution >= 4 is 16.9 Å². The van der Waals surface area contributed by atoms with E-state index in [1.165, 1.54) is 0 Å². The lowest BCUT2D eigenvalue weighted by Gasteiger charge is -2.28. The fourth-order valence-corrected chi connectivity index (χ4v) is 3.33. The van der Waals surface area contributed by atoms with Gasteiger partial charge in [-0.25, -0.2) is 13.6 Å². The number of hydrogen-bond acceptors (Lipinski definition) is 4. The van der Waals surface area contributed by atoms with E-state index in [4.69, 9.17) is 10.5 Å². The minimum Gasteiger partial charge on any atom is -0.445 e. The van der Waals surface area contributed by atoms with Crippen LogP contribution in [0.25, 0.3) is 0 Å². The number of nitrogens with two attached hydrogens (primary N) is 1. The summed E-state index contributed by atoms with van der Waals surface area (Å²) in [6.07, 6.45) is -4.22. The molecule has 2 atom stereocenters. The summed E-state index contributed by atoms with van der Waals surface area (Å²) in [7, 11) is -1.81. The van der Waals surface area contributed by atoms with Gasteiger partial charge in [0.2, 0.25) is 0 Å². The van der Waals surface area contributed by atoms with Gasteiger partial charge in [-0.15, -0.1) is 0 Å². The molecule has 0 aliphatic heterocycles. The summed E-state index contributed by atoms with van der Waals surface area (Å²) in [6, 6.07) is 15.3. The number of nitrogens with one attached hydrogen (secondary N) is 1. The van der Waals surface area contributed by atoms with Crippen LogP contribution in [0.15, 0.2) is 59.5 Å². The summed E-state index contributed by atoms with van der Waals surface area (Å²) in [6.45, 7) is 1.76. The molecule has 3 N–H and O–H groups in total. The van der Waals surface area contributed by atoms with E-state index in [1.807, 2.05) is 12.2 Å². The minimum absolute atomic E-state index is 0.0902. The molecule has 0 spiro atoms. The molecule has 8 heteroatoms. The van der Waals surface area contributed by atoms with Crippen LogP contribution in [0.4, 0.5) is 13.6 Å². The third-order valence-corrected chi connectivity index (χ3v) is 5.13. The number of alkyl carbamates (subject to hydrolysis) is 1. The van der Waals surface area contributed by atoms with Crippen molar-refractivity contribution < 1.29 is 22.5 Å². The number of ether oxygens (including phenoxy) is 1. The molecule has 140 valence electrons. The highest BCUT2D eigenvalue weighted by Crippen LogP contribution is 2.17. The smallest absolute Gasteiger partial charge is 0.409 e. The van der Waals surface area contributed by atoms with Gasteiger partial charge >= 0.3 is 6.09 Å². The third-order valence-electron chi connectivity index (χ3n) is 3.59. The highest BCUT2D eigenvalue weighted by molar-refractivity contribution is 7.85. The highest BCUT2D eigenvalue weighted by atomic mass is 32.2. The zero-order valence-corrected chi connectivity index (χ0v) is 15.0. The summed E-state index contributed by atoms with van der Waals surface area (Å²) in [5, 5.41) is 1.95. The Labute approximate surface area is 153 Å². The molecular formula is C18H20F2N2O3S. The number of aryl methyl sites for hydroxylation is 1. The second-order valence-electron chi connectivity index (χ2n) is 5.83. The number of amides is 1. The van der Waals surface area contributed by atoms with Gasteiger partial charge in [0.25, 0.3) is 6.43 Å². The summed E-state index contributed by atoms with van der Waals surface area (Å²) in [5.41, 5.74) is 4.80. The van der Waals surface area contributed by atoms with Crippen molar-refractivity contribution in [3.63, 3.8) is 0 Å². The van der Waals surface area contributed by atoms with Crippen LogP contribution in [0.5, 0.6) is 0 Å². The molecule has 0 bridgehead atoms. The van der Waals surface area contributed by atoms with Crippen molar-refractivity contribution in [3.8, 4) is 0 Å². The first-order valence-corrected chi connectivity index (χ1v) is 9.13. The van der Waals surface area contributed by atoms with Gasteiger partial charge in [0.1, 0.15) is 6.61 Å². The van der Waals surface area contributed by atoms with Crippen LogP contribution in [0.1, 0.15) is 11.1 Å². The normalized spacial score (nSPS) is 14.5. The summed E-state index contributed by atoms with van der Waals surface area (Å²) in [5.74, 6) is -0.645. The molecule has 0 radical (unpaired) electrons. The molecule has 26 heavy (non-hydrogen) atoms. The molecule has 2 rings (SSSR count). The molecule has 0 saturated heterocycles. The van der Waals surface area contributed by atoms with Crippen molar-refractivity contribution in [1.82, 2.24) is 5.32 Å². The Morgan fingerprint density at radius 2 is 1.81 bits per heavy atom. The topological polar surface area (TPSA) is 81.4 Å². The quantitative estimate of drug-likeness (QED) is 0.722. The number of benzene rings is 2. The second kappa shape index (κ2) is 8.86. The summed E-state index contributed by atoms with van der Waals surface area (Å²) >= 11 is 0. The van der Waals surface area contributed by atoms with Crippen LogP contribution in [-0.2, 0) is 22.1 Å². The largest absolute Gasteiger partial charge is 0.445 e. The zero-order chi connectivity index (χ0) is 19.2. The predicted molar refractivity (Wildman–Crippen MR) is 95.1 cm³/mol. The van der Waals surface area contributed by atoms with Crippen molar-refractivity contribution in [2.75, 3.05) is 5.75 Å². The molecular weight excluding hydrogens is 362 g/mol. The van der Waals surface area contributed by atoms with E-state index in [-0.39, 0.29) is 6.61 Å². The van der Waals surface area contributed by atoms with E-state index in [0.717, 1.165) is 5.56 Å². The average Bonchev–Trinajstić information content (AvgIpc) is 2.61. The number of rotatable bonds is 7. The molecule has 0 heterocycles. The van der Waals surface area contributed by atoms with Gasteiger partial charge in [0.15, 0.2) is 5.66 Å². The molecule has 0 aliphatic rings. The van der Waals surface area contributed by atoms with Crippen LogP contribution >= 0.6 is 0 Å². The predicted octanol–water partition coefficient (Wildman–Crippen LogP) is 2.95. The number of halogens is 2. The van der Waals surface area contributed by atoms with Crippen LogP contribution < -0.4 is 11.1 Å². The molecule has 2 aromatic rings. The average molecular weight is 382 g/mol. The molecule has 0 unspecified atom stereocenters. The fourth-order valence-electron chi connectivity index (χ4n) is 2.09. The molecule has 0 fully saturated rings. The Morgan fingerprint density at radius 1 is 1.19 bits per heavy atom. The Balaban J connectivity index is 2.00. The monoisotopic (exact) mass is 382 g/mol. The van der Waals surface area contributed by atoms with Crippen molar-refractivity contribution in [2.45, 2.75) is 30.5 Å². The van der Waals surface area contributed by atoms with Gasteiger partial charge in [-0.05, 0) is 24.6 Å². The summed E-state index contributed by atoms with van der Waals surface area (Å²) in [4.78, 5) is 12.2. The SMILES string of the molecule is Cc1ccc([S@](=O)C[C@@](N)(NC(=O)OCc2ccccc2)C(F)F)cc1. The van der Waals surface area contributed by atoms with E-state index in [1.54, 1.807) is 54.6 Å².